The van der Waals surface area contributed by atoms with Crippen molar-refractivity contribution in [1.82, 2.24) is 0 Å². The van der Waals surface area contributed by atoms with Crippen LogP contribution in [0.3, 0.4) is 0 Å². The van der Waals surface area contributed by atoms with Crippen LogP contribution in [0.15, 0.2) is 22.7 Å². The van der Waals surface area contributed by atoms with Crippen LogP contribution in [0.1, 0.15) is 44.1 Å². The molecule has 4 saturated carbocycles. The molecule has 0 aliphatic heterocycles. The summed E-state index contributed by atoms with van der Waals surface area (Å²) in [5.41, 5.74) is 1.74. The molecule has 4 heteroatoms. The summed E-state index contributed by atoms with van der Waals surface area (Å²) in [7, 11) is 1.68. The first kappa shape index (κ1) is 16.9. The summed E-state index contributed by atoms with van der Waals surface area (Å²) in [6.45, 7) is 1.47. The highest BCUT2D eigenvalue weighted by atomic mass is 79.9. The lowest BCUT2D eigenvalue weighted by Gasteiger charge is -2.57. The van der Waals surface area contributed by atoms with Gasteiger partial charge in [-0.2, -0.15) is 0 Å². The number of methoxy groups -OCH3 is 1. The molecule has 0 amide bonds. The summed E-state index contributed by atoms with van der Waals surface area (Å²) in [6.07, 6.45) is 8.42. The third-order valence-electron chi connectivity index (χ3n) is 6.28. The maximum Gasteiger partial charge on any atom is 0.189 e. The highest BCUT2D eigenvalue weighted by Crippen LogP contribution is 2.62. The molecule has 0 saturated heterocycles. The Kier molecular flexibility index (Phi) is 4.90. The Balaban J connectivity index is 1.54. The lowest BCUT2D eigenvalue weighted by atomic mass is 9.48. The minimum Gasteiger partial charge on any atom is -0.467 e. The number of halogens is 1. The monoisotopic (exact) mass is 394 g/mol. The van der Waals surface area contributed by atoms with E-state index in [2.05, 4.69) is 34.1 Å². The fourth-order valence-electron chi connectivity index (χ4n) is 5.79. The first-order chi connectivity index (χ1) is 11.7. The predicted molar refractivity (Wildman–Crippen MR) is 97.3 cm³/mol. The molecular formula is C20H27BrO3. The Morgan fingerprint density at radius 3 is 2.33 bits per heavy atom. The van der Waals surface area contributed by atoms with E-state index in [9.17, 15) is 0 Å². The minimum atomic E-state index is 0.296. The van der Waals surface area contributed by atoms with Crippen molar-refractivity contribution in [1.29, 1.82) is 0 Å². The van der Waals surface area contributed by atoms with Gasteiger partial charge in [-0.25, -0.2) is 0 Å². The van der Waals surface area contributed by atoms with Crippen LogP contribution in [0.2, 0.25) is 0 Å². The van der Waals surface area contributed by atoms with Crippen molar-refractivity contribution in [2.45, 2.75) is 43.9 Å². The number of hydrogen-bond donors (Lipinski definition) is 0. The molecule has 4 bridgehead atoms. The lowest BCUT2D eigenvalue weighted by Crippen LogP contribution is -2.48. The van der Waals surface area contributed by atoms with E-state index in [1.54, 1.807) is 7.11 Å². The molecule has 0 radical (unpaired) electrons. The van der Waals surface area contributed by atoms with Crippen molar-refractivity contribution >= 4 is 15.9 Å². The van der Waals surface area contributed by atoms with Crippen LogP contribution in [0.25, 0.3) is 0 Å². The molecule has 5 rings (SSSR count). The van der Waals surface area contributed by atoms with Crippen molar-refractivity contribution < 1.29 is 14.2 Å². The molecule has 0 aromatic heterocycles. The summed E-state index contributed by atoms with van der Waals surface area (Å²) < 4.78 is 17.7. The van der Waals surface area contributed by atoms with Gasteiger partial charge >= 0.3 is 0 Å². The Morgan fingerprint density at radius 1 is 1.04 bits per heavy atom. The largest absolute Gasteiger partial charge is 0.467 e. The molecule has 1 aromatic carbocycles. The molecule has 4 aliphatic rings. The van der Waals surface area contributed by atoms with Gasteiger partial charge in [-0.3, -0.25) is 0 Å². The van der Waals surface area contributed by atoms with E-state index in [1.165, 1.54) is 44.1 Å². The van der Waals surface area contributed by atoms with Crippen LogP contribution in [0.4, 0.5) is 0 Å². The van der Waals surface area contributed by atoms with Crippen molar-refractivity contribution in [3.05, 3.63) is 28.2 Å². The van der Waals surface area contributed by atoms with Gasteiger partial charge in [-0.05, 0) is 79.9 Å². The van der Waals surface area contributed by atoms with E-state index in [-0.39, 0.29) is 0 Å². The first-order valence-corrected chi connectivity index (χ1v) is 9.97. The van der Waals surface area contributed by atoms with Crippen LogP contribution in [-0.4, -0.2) is 27.1 Å². The number of benzene rings is 1. The van der Waals surface area contributed by atoms with E-state index in [0.29, 0.717) is 25.4 Å². The molecule has 0 heterocycles. The van der Waals surface area contributed by atoms with Gasteiger partial charge in [-0.15, -0.1) is 0 Å². The van der Waals surface area contributed by atoms with Gasteiger partial charge < -0.3 is 14.2 Å². The molecule has 132 valence electrons. The van der Waals surface area contributed by atoms with Crippen LogP contribution < -0.4 is 4.74 Å². The Hall–Kier alpha value is -0.580. The van der Waals surface area contributed by atoms with E-state index in [1.807, 2.05) is 0 Å². The summed E-state index contributed by atoms with van der Waals surface area (Å²) in [4.78, 5) is 0. The average Bonchev–Trinajstić information content (AvgIpc) is 2.54. The summed E-state index contributed by atoms with van der Waals surface area (Å²) in [6, 6.07) is 6.49. The van der Waals surface area contributed by atoms with Crippen molar-refractivity contribution in [3.8, 4) is 5.75 Å². The fraction of sp³-hybridized carbons (Fsp3) is 0.700. The molecule has 4 fully saturated rings. The summed E-state index contributed by atoms with van der Waals surface area (Å²) in [5.74, 6) is 3.81. The zero-order valence-electron chi connectivity index (χ0n) is 14.4. The smallest absolute Gasteiger partial charge is 0.189 e. The van der Waals surface area contributed by atoms with Crippen molar-refractivity contribution in [2.24, 2.45) is 17.8 Å². The SMILES string of the molecule is COCCOCOc1ccc(Br)cc1C12CC3CC(CC(C3)C1)C2. The minimum absolute atomic E-state index is 0.296. The number of hydrogen-bond acceptors (Lipinski definition) is 3. The Morgan fingerprint density at radius 2 is 1.71 bits per heavy atom. The Bertz CT molecular complexity index is 551. The zero-order valence-corrected chi connectivity index (χ0v) is 16.0. The third kappa shape index (κ3) is 3.25. The maximum absolute atomic E-state index is 6.03. The molecule has 1 aromatic rings. The van der Waals surface area contributed by atoms with Crippen LogP contribution in [-0.2, 0) is 14.9 Å². The van der Waals surface area contributed by atoms with Gasteiger partial charge in [0.1, 0.15) is 5.75 Å². The Labute approximate surface area is 153 Å². The van der Waals surface area contributed by atoms with Gasteiger partial charge in [0.15, 0.2) is 6.79 Å². The standard InChI is InChI=1S/C20H27BrO3/c1-22-4-5-23-13-24-19-3-2-17(21)9-18(19)20-10-14-6-15(11-20)8-16(7-14)12-20/h2-3,9,14-16H,4-8,10-13H2,1H3. The molecule has 24 heavy (non-hydrogen) atoms. The lowest BCUT2D eigenvalue weighted by molar-refractivity contribution is -0.0189. The number of ether oxygens (including phenoxy) is 3. The van der Waals surface area contributed by atoms with E-state index in [4.69, 9.17) is 14.2 Å². The third-order valence-corrected chi connectivity index (χ3v) is 6.77. The normalized spacial score (nSPS) is 33.8. The quantitative estimate of drug-likeness (QED) is 0.485. The second-order valence-corrected chi connectivity index (χ2v) is 8.92. The maximum atomic E-state index is 6.03. The summed E-state index contributed by atoms with van der Waals surface area (Å²) >= 11 is 3.67. The summed E-state index contributed by atoms with van der Waals surface area (Å²) in [5, 5.41) is 0. The second kappa shape index (κ2) is 6.97. The number of rotatable bonds is 7. The molecule has 4 aliphatic carbocycles. The predicted octanol–water partition coefficient (Wildman–Crippen LogP) is 4.92. The van der Waals surface area contributed by atoms with Crippen LogP contribution in [0, 0.1) is 17.8 Å². The highest BCUT2D eigenvalue weighted by molar-refractivity contribution is 9.10. The van der Waals surface area contributed by atoms with E-state index >= 15 is 0 Å². The second-order valence-electron chi connectivity index (χ2n) is 8.00. The molecular weight excluding hydrogens is 368 g/mol. The van der Waals surface area contributed by atoms with Gasteiger partial charge in [0.2, 0.25) is 0 Å². The van der Waals surface area contributed by atoms with Crippen LogP contribution >= 0.6 is 15.9 Å². The molecule has 0 atom stereocenters. The topological polar surface area (TPSA) is 27.7 Å². The van der Waals surface area contributed by atoms with Gasteiger partial charge in [0, 0.05) is 17.1 Å². The van der Waals surface area contributed by atoms with E-state index < -0.39 is 0 Å². The molecule has 0 spiro atoms. The average molecular weight is 395 g/mol. The van der Waals surface area contributed by atoms with E-state index in [0.717, 1.165) is 28.0 Å². The zero-order chi connectivity index (χ0) is 16.6. The molecule has 0 N–H and O–H groups in total. The van der Waals surface area contributed by atoms with Gasteiger partial charge in [0.05, 0.1) is 13.2 Å². The van der Waals surface area contributed by atoms with Crippen molar-refractivity contribution in [3.63, 3.8) is 0 Å². The van der Waals surface area contributed by atoms with Gasteiger partial charge in [-0.1, -0.05) is 15.9 Å². The highest BCUT2D eigenvalue weighted by Gasteiger charge is 2.52. The van der Waals surface area contributed by atoms with Crippen LogP contribution in [0.5, 0.6) is 5.75 Å². The van der Waals surface area contributed by atoms with Crippen molar-refractivity contribution in [2.75, 3.05) is 27.1 Å². The van der Waals surface area contributed by atoms with Gasteiger partial charge in [0.25, 0.3) is 0 Å². The first-order valence-electron chi connectivity index (χ1n) is 9.18. The molecule has 3 nitrogen and oxygen atoms in total. The fourth-order valence-corrected chi connectivity index (χ4v) is 6.15. The molecule has 0 unspecified atom stereocenters.